The highest BCUT2D eigenvalue weighted by atomic mass is 16.5. The maximum atomic E-state index is 12.3. The molecule has 6 heteroatoms. The molecule has 0 atom stereocenters. The van der Waals surface area contributed by atoms with Gasteiger partial charge in [0.05, 0.1) is 6.61 Å². The second-order valence-electron chi connectivity index (χ2n) is 4.24. The Labute approximate surface area is 117 Å². The highest BCUT2D eigenvalue weighted by Gasteiger charge is 2.19. The van der Waals surface area contributed by atoms with Gasteiger partial charge in [-0.3, -0.25) is 9.59 Å². The Kier molecular flexibility index (Phi) is 5.83. The molecule has 0 fully saturated rings. The fourth-order valence-corrected chi connectivity index (χ4v) is 1.72. The third-order valence-corrected chi connectivity index (χ3v) is 2.63. The van der Waals surface area contributed by atoms with Crippen molar-refractivity contribution in [3.05, 3.63) is 23.8 Å². The average Bonchev–Trinajstić information content (AvgIpc) is 2.41. The summed E-state index contributed by atoms with van der Waals surface area (Å²) in [6.07, 6.45) is 0.690. The van der Waals surface area contributed by atoms with E-state index in [-0.39, 0.29) is 30.2 Å². The summed E-state index contributed by atoms with van der Waals surface area (Å²) in [6.45, 7) is 4.11. The first-order valence-corrected chi connectivity index (χ1v) is 6.46. The monoisotopic (exact) mass is 281 g/mol. The largest absolute Gasteiger partial charge is 0.504 e. The molecule has 0 aliphatic carbocycles. The Morgan fingerprint density at radius 3 is 2.45 bits per heavy atom. The van der Waals surface area contributed by atoms with Crippen LogP contribution < -0.4 is 0 Å². The third-order valence-electron chi connectivity index (χ3n) is 2.63. The maximum absolute atomic E-state index is 12.3. The number of aromatic hydroxyl groups is 2. The van der Waals surface area contributed by atoms with Crippen molar-refractivity contribution in [2.24, 2.45) is 0 Å². The van der Waals surface area contributed by atoms with E-state index >= 15 is 0 Å². The number of carbonyl (C=O) groups is 2. The highest BCUT2D eigenvalue weighted by molar-refractivity contribution is 5.96. The molecule has 0 bridgehead atoms. The van der Waals surface area contributed by atoms with Gasteiger partial charge in [0.2, 0.25) is 0 Å². The van der Waals surface area contributed by atoms with Gasteiger partial charge in [-0.05, 0) is 31.5 Å². The van der Waals surface area contributed by atoms with Crippen LogP contribution in [0.5, 0.6) is 11.5 Å². The summed E-state index contributed by atoms with van der Waals surface area (Å²) >= 11 is 0. The van der Waals surface area contributed by atoms with Crippen LogP contribution in [0.25, 0.3) is 0 Å². The zero-order chi connectivity index (χ0) is 15.1. The number of phenols is 2. The van der Waals surface area contributed by atoms with Crippen LogP contribution >= 0.6 is 0 Å². The molecule has 2 N–H and O–H groups in total. The number of rotatable bonds is 6. The molecule has 0 saturated heterocycles. The topological polar surface area (TPSA) is 87.1 Å². The van der Waals surface area contributed by atoms with E-state index in [1.54, 1.807) is 6.92 Å². The lowest BCUT2D eigenvalue weighted by molar-refractivity contribution is -0.143. The smallest absolute Gasteiger partial charge is 0.325 e. The number of phenolic OH excluding ortho intramolecular Hbond substituents is 2. The number of amides is 1. The highest BCUT2D eigenvalue weighted by Crippen LogP contribution is 2.25. The second-order valence-corrected chi connectivity index (χ2v) is 4.24. The van der Waals surface area contributed by atoms with E-state index < -0.39 is 11.9 Å². The van der Waals surface area contributed by atoms with E-state index in [0.29, 0.717) is 13.0 Å². The summed E-state index contributed by atoms with van der Waals surface area (Å²) in [5, 5.41) is 18.6. The lowest BCUT2D eigenvalue weighted by atomic mass is 10.1. The van der Waals surface area contributed by atoms with E-state index in [4.69, 9.17) is 4.74 Å². The summed E-state index contributed by atoms with van der Waals surface area (Å²) in [4.78, 5) is 25.1. The lowest BCUT2D eigenvalue weighted by Crippen LogP contribution is -2.37. The minimum Gasteiger partial charge on any atom is -0.504 e. The molecule has 0 aromatic heterocycles. The molecule has 20 heavy (non-hydrogen) atoms. The molecule has 0 radical (unpaired) electrons. The summed E-state index contributed by atoms with van der Waals surface area (Å²) in [5.74, 6) is -1.54. The van der Waals surface area contributed by atoms with Gasteiger partial charge >= 0.3 is 5.97 Å². The van der Waals surface area contributed by atoms with Crippen LogP contribution in [-0.2, 0) is 9.53 Å². The van der Waals surface area contributed by atoms with Gasteiger partial charge in [-0.15, -0.1) is 0 Å². The van der Waals surface area contributed by atoms with E-state index in [9.17, 15) is 19.8 Å². The molecule has 0 spiro atoms. The molecule has 0 heterocycles. The number of benzene rings is 1. The van der Waals surface area contributed by atoms with E-state index in [1.165, 1.54) is 23.1 Å². The van der Waals surface area contributed by atoms with Crippen molar-refractivity contribution in [2.75, 3.05) is 19.7 Å². The fourth-order valence-electron chi connectivity index (χ4n) is 1.72. The molecule has 1 aromatic rings. The molecule has 1 amide bonds. The number of esters is 1. The molecule has 0 aliphatic rings. The Bertz CT molecular complexity index is 486. The fraction of sp³-hybridized carbons (Fsp3) is 0.429. The summed E-state index contributed by atoms with van der Waals surface area (Å²) in [5.41, 5.74) is 0.207. The van der Waals surface area contributed by atoms with Gasteiger partial charge in [0.1, 0.15) is 6.54 Å². The first kappa shape index (κ1) is 15.8. The van der Waals surface area contributed by atoms with Gasteiger partial charge in [-0.25, -0.2) is 0 Å². The van der Waals surface area contributed by atoms with E-state index in [0.717, 1.165) is 0 Å². The molecule has 1 aromatic carbocycles. The number of hydrogen-bond donors (Lipinski definition) is 2. The Morgan fingerprint density at radius 2 is 1.90 bits per heavy atom. The van der Waals surface area contributed by atoms with Crippen LogP contribution in [0.2, 0.25) is 0 Å². The summed E-state index contributed by atoms with van der Waals surface area (Å²) in [7, 11) is 0. The first-order valence-electron chi connectivity index (χ1n) is 6.46. The average molecular weight is 281 g/mol. The SMILES string of the molecule is CCCN(CC(=O)OCC)C(=O)c1ccc(O)c(O)c1. The van der Waals surface area contributed by atoms with Crippen LogP contribution in [0.4, 0.5) is 0 Å². The quantitative estimate of drug-likeness (QED) is 0.609. The normalized spacial score (nSPS) is 10.1. The molecule has 0 aliphatic heterocycles. The van der Waals surface area contributed by atoms with Crippen molar-refractivity contribution in [1.82, 2.24) is 4.90 Å². The molecule has 6 nitrogen and oxygen atoms in total. The zero-order valence-electron chi connectivity index (χ0n) is 11.6. The number of nitrogens with zero attached hydrogens (tertiary/aromatic N) is 1. The standard InChI is InChI=1S/C14H19NO5/c1-3-7-15(9-13(18)20-4-2)14(19)10-5-6-11(16)12(17)8-10/h5-6,8,16-17H,3-4,7,9H2,1-2H3. The van der Waals surface area contributed by atoms with Crippen molar-refractivity contribution >= 4 is 11.9 Å². The Hall–Kier alpha value is -2.24. The maximum Gasteiger partial charge on any atom is 0.325 e. The number of carbonyl (C=O) groups excluding carboxylic acids is 2. The zero-order valence-corrected chi connectivity index (χ0v) is 11.6. The van der Waals surface area contributed by atoms with Crippen LogP contribution in [0, 0.1) is 0 Å². The molecule has 0 unspecified atom stereocenters. The van der Waals surface area contributed by atoms with Gasteiger partial charge in [0.15, 0.2) is 11.5 Å². The van der Waals surface area contributed by atoms with Gasteiger partial charge in [-0.1, -0.05) is 6.92 Å². The van der Waals surface area contributed by atoms with Crippen LogP contribution in [0.1, 0.15) is 30.6 Å². The third kappa shape index (κ3) is 4.15. The second kappa shape index (κ2) is 7.37. The summed E-state index contributed by atoms with van der Waals surface area (Å²) < 4.78 is 4.83. The van der Waals surface area contributed by atoms with Gasteiger partial charge in [0.25, 0.3) is 5.91 Å². The number of hydrogen-bond acceptors (Lipinski definition) is 5. The minimum absolute atomic E-state index is 0.137. The van der Waals surface area contributed by atoms with Gasteiger partial charge < -0.3 is 19.8 Å². The number of ether oxygens (including phenoxy) is 1. The van der Waals surface area contributed by atoms with Gasteiger partial charge in [0, 0.05) is 12.1 Å². The van der Waals surface area contributed by atoms with Crippen LogP contribution in [0.3, 0.4) is 0 Å². The summed E-state index contributed by atoms with van der Waals surface area (Å²) in [6, 6.07) is 3.80. The molecular weight excluding hydrogens is 262 g/mol. The van der Waals surface area contributed by atoms with Crippen molar-refractivity contribution in [2.45, 2.75) is 20.3 Å². The molecule has 1 rings (SSSR count). The van der Waals surface area contributed by atoms with Crippen molar-refractivity contribution < 1.29 is 24.5 Å². The minimum atomic E-state index is -0.475. The molecule has 110 valence electrons. The predicted molar refractivity (Wildman–Crippen MR) is 72.6 cm³/mol. The molecular formula is C14H19NO5. The van der Waals surface area contributed by atoms with Crippen molar-refractivity contribution in [3.63, 3.8) is 0 Å². The van der Waals surface area contributed by atoms with Crippen LogP contribution in [0.15, 0.2) is 18.2 Å². The Morgan fingerprint density at radius 1 is 1.20 bits per heavy atom. The van der Waals surface area contributed by atoms with Crippen molar-refractivity contribution in [3.8, 4) is 11.5 Å². The van der Waals surface area contributed by atoms with Crippen LogP contribution in [-0.4, -0.2) is 46.7 Å². The van der Waals surface area contributed by atoms with Crippen molar-refractivity contribution in [1.29, 1.82) is 0 Å². The molecule has 0 saturated carbocycles. The lowest BCUT2D eigenvalue weighted by Gasteiger charge is -2.21. The Balaban J connectivity index is 2.87. The van der Waals surface area contributed by atoms with E-state index in [1.807, 2.05) is 6.92 Å². The predicted octanol–water partition coefficient (Wildman–Crippen LogP) is 1.51. The van der Waals surface area contributed by atoms with Gasteiger partial charge in [-0.2, -0.15) is 0 Å². The first-order chi connectivity index (χ1) is 9.49. The van der Waals surface area contributed by atoms with E-state index in [2.05, 4.69) is 0 Å².